The van der Waals surface area contributed by atoms with E-state index in [1.165, 1.54) is 6.20 Å². The van der Waals surface area contributed by atoms with Crippen molar-refractivity contribution < 1.29 is 28.8 Å². The Bertz CT molecular complexity index is 1880. The molecule has 1 N–H and O–H groups in total. The molecule has 3 heterocycles. The Morgan fingerprint density at radius 3 is 2.60 bits per heavy atom. The summed E-state index contributed by atoms with van der Waals surface area (Å²) >= 11 is 0. The molecule has 2 aliphatic rings. The molecule has 0 aliphatic carbocycles. The Hall–Kier alpha value is -5.58. The molecule has 238 valence electrons. The minimum atomic E-state index is -0.824. The Morgan fingerprint density at radius 2 is 1.79 bits per heavy atom. The lowest BCUT2D eigenvalue weighted by atomic mass is 9.96. The molecule has 1 fully saturated rings. The normalized spacial score (nSPS) is 15.7. The van der Waals surface area contributed by atoms with Crippen LogP contribution in [-0.4, -0.2) is 46.8 Å². The molecule has 6 rings (SSSR count). The highest BCUT2D eigenvalue weighted by Crippen LogP contribution is 2.37. The van der Waals surface area contributed by atoms with Gasteiger partial charge in [-0.25, -0.2) is 0 Å². The van der Waals surface area contributed by atoms with E-state index in [0.717, 1.165) is 46.2 Å². The second-order valence-electron chi connectivity index (χ2n) is 11.6. The first-order valence-corrected chi connectivity index (χ1v) is 15.6. The number of hydrogen-bond acceptors (Lipinski definition) is 9. The number of nitriles is 2. The summed E-state index contributed by atoms with van der Waals surface area (Å²) in [5, 5.41) is 29.4. The van der Waals surface area contributed by atoms with Crippen molar-refractivity contribution in [3.8, 4) is 46.3 Å². The lowest BCUT2D eigenvalue weighted by molar-refractivity contribution is -0.144. The summed E-state index contributed by atoms with van der Waals surface area (Å²) in [6.07, 6.45) is 5.55. The first-order chi connectivity index (χ1) is 22.9. The molecular formula is C37H34N4O6. The number of nitrogens with zero attached hydrogens (tertiary/aromatic N) is 4. The molecular weight excluding hydrogens is 596 g/mol. The molecule has 10 nitrogen and oxygen atoms in total. The third kappa shape index (κ3) is 7.14. The third-order valence-electron chi connectivity index (χ3n) is 8.45. The van der Waals surface area contributed by atoms with Crippen LogP contribution in [0.1, 0.15) is 52.6 Å². The number of piperidine rings is 1. The number of ether oxygens (including phenoxy) is 4. The van der Waals surface area contributed by atoms with Crippen molar-refractivity contribution in [1.82, 2.24) is 9.88 Å². The Labute approximate surface area is 273 Å². The zero-order chi connectivity index (χ0) is 32.8. The number of aliphatic carboxylic acids is 1. The minimum absolute atomic E-state index is 0.141. The summed E-state index contributed by atoms with van der Waals surface area (Å²) in [6, 6.07) is 20.8. The highest BCUT2D eigenvalue weighted by atomic mass is 16.6. The second kappa shape index (κ2) is 14.2. The Kier molecular flexibility index (Phi) is 9.51. The summed E-state index contributed by atoms with van der Waals surface area (Å²) in [7, 11) is 0. The number of aromatic nitrogens is 1. The van der Waals surface area contributed by atoms with Crippen LogP contribution in [0.4, 0.5) is 0 Å². The number of carboxylic acid groups (broad SMARTS) is 1. The van der Waals surface area contributed by atoms with E-state index in [9.17, 15) is 20.4 Å². The van der Waals surface area contributed by atoms with Gasteiger partial charge in [-0.05, 0) is 67.3 Å². The number of hydrogen-bond donors (Lipinski definition) is 1. The predicted octanol–water partition coefficient (Wildman–Crippen LogP) is 6.17. The van der Waals surface area contributed by atoms with E-state index in [-0.39, 0.29) is 13.2 Å². The van der Waals surface area contributed by atoms with Crippen molar-refractivity contribution in [3.63, 3.8) is 0 Å². The maximum atomic E-state index is 12.0. The van der Waals surface area contributed by atoms with Crippen LogP contribution >= 0.6 is 0 Å². The number of pyridine rings is 1. The third-order valence-corrected chi connectivity index (χ3v) is 8.45. The fraction of sp³-hybridized carbons (Fsp3) is 0.297. The number of carbonyl (C=O) groups is 1. The number of carboxylic acids is 1. The predicted molar refractivity (Wildman–Crippen MR) is 172 cm³/mol. The molecule has 4 aromatic rings. The lowest BCUT2D eigenvalue weighted by Gasteiger charge is -2.33. The van der Waals surface area contributed by atoms with Gasteiger partial charge in [0.1, 0.15) is 56.1 Å². The van der Waals surface area contributed by atoms with Crippen LogP contribution in [0.5, 0.6) is 23.0 Å². The molecule has 10 heteroatoms. The van der Waals surface area contributed by atoms with E-state index in [1.54, 1.807) is 12.3 Å². The van der Waals surface area contributed by atoms with Crippen LogP contribution in [-0.2, 0) is 24.6 Å². The molecule has 0 amide bonds. The maximum Gasteiger partial charge on any atom is 0.320 e. The molecule has 0 bridgehead atoms. The van der Waals surface area contributed by atoms with Gasteiger partial charge in [0.25, 0.3) is 0 Å². The van der Waals surface area contributed by atoms with Gasteiger partial charge >= 0.3 is 5.97 Å². The zero-order valence-corrected chi connectivity index (χ0v) is 26.1. The molecule has 1 saturated heterocycles. The van der Waals surface area contributed by atoms with E-state index in [0.29, 0.717) is 66.8 Å². The smallest absolute Gasteiger partial charge is 0.320 e. The fourth-order valence-electron chi connectivity index (χ4n) is 6.07. The van der Waals surface area contributed by atoms with Crippen molar-refractivity contribution in [2.45, 2.75) is 52.0 Å². The number of aryl methyl sites for hydroxylation is 1. The number of benzene rings is 3. The van der Waals surface area contributed by atoms with Gasteiger partial charge in [-0.3, -0.25) is 14.7 Å². The van der Waals surface area contributed by atoms with Crippen LogP contribution in [0.3, 0.4) is 0 Å². The van der Waals surface area contributed by atoms with Crippen LogP contribution in [0.2, 0.25) is 0 Å². The summed E-state index contributed by atoms with van der Waals surface area (Å²) in [5.74, 6) is 1.64. The molecule has 47 heavy (non-hydrogen) atoms. The van der Waals surface area contributed by atoms with Gasteiger partial charge in [-0.15, -0.1) is 0 Å². The Morgan fingerprint density at radius 1 is 0.957 bits per heavy atom. The number of likely N-dealkylation sites (tertiary alicyclic amines) is 1. The van der Waals surface area contributed by atoms with Gasteiger partial charge in [0.2, 0.25) is 0 Å². The van der Waals surface area contributed by atoms with Gasteiger partial charge in [0, 0.05) is 41.7 Å². The van der Waals surface area contributed by atoms with Crippen molar-refractivity contribution in [2.75, 3.05) is 19.8 Å². The van der Waals surface area contributed by atoms with E-state index >= 15 is 0 Å². The average molecular weight is 631 g/mol. The summed E-state index contributed by atoms with van der Waals surface area (Å²) in [5.41, 5.74) is 5.70. The molecule has 1 aromatic heterocycles. The van der Waals surface area contributed by atoms with Gasteiger partial charge in [-0.2, -0.15) is 10.5 Å². The molecule has 0 saturated carbocycles. The van der Waals surface area contributed by atoms with E-state index in [4.69, 9.17) is 18.9 Å². The number of rotatable bonds is 10. The van der Waals surface area contributed by atoms with E-state index < -0.39 is 12.0 Å². The molecule has 0 spiro atoms. The van der Waals surface area contributed by atoms with E-state index in [1.807, 2.05) is 60.4 Å². The van der Waals surface area contributed by atoms with Gasteiger partial charge in [-0.1, -0.05) is 30.7 Å². The van der Waals surface area contributed by atoms with Crippen molar-refractivity contribution >= 4 is 5.97 Å². The average Bonchev–Trinajstić information content (AvgIpc) is 3.10. The highest BCUT2D eigenvalue weighted by Gasteiger charge is 2.29. The quantitative estimate of drug-likeness (QED) is 0.217. The van der Waals surface area contributed by atoms with Crippen LogP contribution < -0.4 is 18.9 Å². The van der Waals surface area contributed by atoms with Gasteiger partial charge in [0.05, 0.1) is 11.1 Å². The standard InChI is InChI=1S/C37H34N4O6/c1-24-13-29(21-41-10-3-2-7-32(41)37(42)43)35(46-22-26-14-25(17-38)19-40-20-26)16-34(24)47-23-28-5-4-6-30(31(28)18-39)27-8-9-33-36(15-27)45-12-11-44-33/h4-6,8-9,13-16,19-20,32H,2-3,7,10-12,21-23H2,1H3,(H,42,43)/t32-/m0/s1. The lowest BCUT2D eigenvalue weighted by Crippen LogP contribution is -2.44. The van der Waals surface area contributed by atoms with Crippen LogP contribution in [0.25, 0.3) is 11.1 Å². The molecule has 0 unspecified atom stereocenters. The largest absolute Gasteiger partial charge is 0.488 e. The molecule has 2 aliphatic heterocycles. The van der Waals surface area contributed by atoms with Gasteiger partial charge < -0.3 is 24.1 Å². The first-order valence-electron chi connectivity index (χ1n) is 15.6. The summed E-state index contributed by atoms with van der Waals surface area (Å²) in [4.78, 5) is 18.1. The first kappa shape index (κ1) is 31.4. The SMILES string of the molecule is Cc1cc(CN2CCCC[C@H]2C(=O)O)c(OCc2cncc(C#N)c2)cc1OCc1cccc(-c2ccc3c(c2)OCCO3)c1C#N. The molecule has 1 atom stereocenters. The van der Waals surface area contributed by atoms with Crippen LogP contribution in [0.15, 0.2) is 67.0 Å². The van der Waals surface area contributed by atoms with Crippen LogP contribution in [0, 0.1) is 29.6 Å². The van der Waals surface area contributed by atoms with Crippen molar-refractivity contribution in [2.24, 2.45) is 0 Å². The van der Waals surface area contributed by atoms with Crippen molar-refractivity contribution in [3.05, 3.63) is 100 Å². The van der Waals surface area contributed by atoms with E-state index in [2.05, 4.69) is 17.1 Å². The fourth-order valence-corrected chi connectivity index (χ4v) is 6.07. The Balaban J connectivity index is 1.27. The molecule has 0 radical (unpaired) electrons. The topological polar surface area (TPSA) is 138 Å². The molecule has 3 aromatic carbocycles. The highest BCUT2D eigenvalue weighted by molar-refractivity contribution is 5.75. The van der Waals surface area contributed by atoms with Crippen molar-refractivity contribution in [1.29, 1.82) is 10.5 Å². The number of fused-ring (bicyclic) bond motifs is 1. The summed E-state index contributed by atoms with van der Waals surface area (Å²) < 4.78 is 24.1. The monoisotopic (exact) mass is 630 g/mol. The second-order valence-corrected chi connectivity index (χ2v) is 11.6. The zero-order valence-electron chi connectivity index (χ0n) is 26.1. The van der Waals surface area contributed by atoms with Gasteiger partial charge in [0.15, 0.2) is 11.5 Å². The minimum Gasteiger partial charge on any atom is -0.488 e. The maximum absolute atomic E-state index is 12.0. The summed E-state index contributed by atoms with van der Waals surface area (Å²) in [6.45, 7) is 4.30.